The lowest BCUT2D eigenvalue weighted by molar-refractivity contribution is -0.325. The molecule has 4 heterocycles. The van der Waals surface area contributed by atoms with Crippen molar-refractivity contribution in [2.75, 3.05) is 13.2 Å². The number of fused-ring (bicyclic) bond motifs is 4. The summed E-state index contributed by atoms with van der Waals surface area (Å²) in [6.07, 6.45) is -0.658. The Morgan fingerprint density at radius 3 is 2.57 bits per heavy atom. The Morgan fingerprint density at radius 1 is 1.04 bits per heavy atom. The molecule has 0 bridgehead atoms. The standard InChI is InChI=1S/C21H27NO6/c1-19(2)24-12-15-16(26-19)17-21(25-15,28-20(3,4)27-17)18(23)22-10-9-13-7-5-6-8-14(13)11-22/h5-8,15-17H,9-12H2,1-4H3/t15-,16+,17-,21+/m0/s1. The van der Waals surface area contributed by atoms with Crippen molar-refractivity contribution in [2.45, 2.75) is 76.3 Å². The second-order valence-corrected chi connectivity index (χ2v) is 8.90. The topological polar surface area (TPSA) is 66.5 Å². The van der Waals surface area contributed by atoms with Gasteiger partial charge in [0.25, 0.3) is 11.7 Å². The summed E-state index contributed by atoms with van der Waals surface area (Å²) < 4.78 is 30.3. The summed E-state index contributed by atoms with van der Waals surface area (Å²) in [7, 11) is 0. The van der Waals surface area contributed by atoms with Crippen LogP contribution in [0.25, 0.3) is 0 Å². The van der Waals surface area contributed by atoms with Gasteiger partial charge in [-0.05, 0) is 45.2 Å². The van der Waals surface area contributed by atoms with Crippen LogP contribution in [0.3, 0.4) is 0 Å². The summed E-state index contributed by atoms with van der Waals surface area (Å²) in [5.41, 5.74) is 2.44. The lowest BCUT2D eigenvalue weighted by atomic mass is 9.97. The highest BCUT2D eigenvalue weighted by atomic mass is 16.9. The maximum absolute atomic E-state index is 13.7. The largest absolute Gasteiger partial charge is 0.348 e. The first-order valence-electron chi connectivity index (χ1n) is 9.93. The Labute approximate surface area is 164 Å². The van der Waals surface area contributed by atoms with Gasteiger partial charge in [0.1, 0.15) is 12.2 Å². The molecule has 0 aliphatic carbocycles. The predicted molar refractivity (Wildman–Crippen MR) is 98.1 cm³/mol. The van der Waals surface area contributed by atoms with Gasteiger partial charge >= 0.3 is 0 Å². The van der Waals surface area contributed by atoms with E-state index in [1.807, 2.05) is 30.9 Å². The first-order valence-corrected chi connectivity index (χ1v) is 9.93. The van der Waals surface area contributed by atoms with Gasteiger partial charge < -0.3 is 28.6 Å². The van der Waals surface area contributed by atoms with E-state index >= 15 is 0 Å². The van der Waals surface area contributed by atoms with E-state index in [1.54, 1.807) is 13.8 Å². The van der Waals surface area contributed by atoms with E-state index in [-0.39, 0.29) is 5.91 Å². The summed E-state index contributed by atoms with van der Waals surface area (Å²) in [4.78, 5) is 15.5. The zero-order valence-corrected chi connectivity index (χ0v) is 16.8. The van der Waals surface area contributed by atoms with Gasteiger partial charge in [0.2, 0.25) is 0 Å². The third-order valence-corrected chi connectivity index (χ3v) is 5.91. The molecule has 1 aromatic rings. The zero-order chi connectivity index (χ0) is 19.7. The molecule has 0 aromatic heterocycles. The fourth-order valence-corrected chi connectivity index (χ4v) is 4.71. The fraction of sp³-hybridized carbons (Fsp3) is 0.667. The number of carbonyl (C=O) groups is 1. The van der Waals surface area contributed by atoms with Gasteiger partial charge in [0.05, 0.1) is 6.61 Å². The van der Waals surface area contributed by atoms with Crippen LogP contribution in [0.4, 0.5) is 0 Å². The second kappa shape index (κ2) is 6.00. The van der Waals surface area contributed by atoms with Crippen LogP contribution in [0.15, 0.2) is 24.3 Å². The van der Waals surface area contributed by atoms with Gasteiger partial charge in [-0.3, -0.25) is 4.79 Å². The first kappa shape index (κ1) is 18.5. The minimum Gasteiger partial charge on any atom is -0.348 e. The van der Waals surface area contributed by atoms with Crippen molar-refractivity contribution in [1.29, 1.82) is 0 Å². The molecule has 1 aromatic carbocycles. The Hall–Kier alpha value is -1.51. The monoisotopic (exact) mass is 389 g/mol. The zero-order valence-electron chi connectivity index (χ0n) is 16.8. The van der Waals surface area contributed by atoms with Crippen LogP contribution in [0, 0.1) is 0 Å². The van der Waals surface area contributed by atoms with Crippen molar-refractivity contribution in [3.8, 4) is 0 Å². The molecule has 4 aliphatic rings. The molecule has 7 nitrogen and oxygen atoms in total. The molecule has 4 aliphatic heterocycles. The average molecular weight is 389 g/mol. The number of hydrogen-bond acceptors (Lipinski definition) is 6. The molecular weight excluding hydrogens is 362 g/mol. The number of amides is 1. The smallest absolute Gasteiger partial charge is 0.286 e. The molecule has 5 rings (SSSR count). The van der Waals surface area contributed by atoms with Gasteiger partial charge in [-0.1, -0.05) is 24.3 Å². The molecule has 0 radical (unpaired) electrons. The number of hydrogen-bond donors (Lipinski definition) is 0. The van der Waals surface area contributed by atoms with Crippen LogP contribution in [-0.4, -0.2) is 59.6 Å². The maximum atomic E-state index is 13.7. The average Bonchev–Trinajstić information content (AvgIpc) is 3.08. The minimum absolute atomic E-state index is 0.201. The number of benzene rings is 1. The predicted octanol–water partition coefficient (Wildman–Crippen LogP) is 1.97. The van der Waals surface area contributed by atoms with Crippen molar-refractivity contribution < 1.29 is 28.5 Å². The Kier molecular flexibility index (Phi) is 3.97. The summed E-state index contributed by atoms with van der Waals surface area (Å²) in [6, 6.07) is 8.21. The van der Waals surface area contributed by atoms with E-state index in [4.69, 9.17) is 23.7 Å². The number of nitrogens with zero attached hydrogens (tertiary/aromatic N) is 1. The molecule has 0 saturated carbocycles. The minimum atomic E-state index is -1.51. The molecule has 7 heteroatoms. The molecule has 3 fully saturated rings. The van der Waals surface area contributed by atoms with E-state index in [0.29, 0.717) is 19.7 Å². The lowest BCUT2D eigenvalue weighted by Crippen LogP contribution is -2.56. The van der Waals surface area contributed by atoms with Gasteiger partial charge in [-0.2, -0.15) is 0 Å². The van der Waals surface area contributed by atoms with E-state index in [2.05, 4.69) is 12.1 Å². The quantitative estimate of drug-likeness (QED) is 0.732. The van der Waals surface area contributed by atoms with Crippen LogP contribution in [0.5, 0.6) is 0 Å². The van der Waals surface area contributed by atoms with Gasteiger partial charge in [0.15, 0.2) is 17.7 Å². The van der Waals surface area contributed by atoms with Gasteiger partial charge in [-0.15, -0.1) is 0 Å². The van der Waals surface area contributed by atoms with Crippen molar-refractivity contribution in [3.05, 3.63) is 35.4 Å². The highest BCUT2D eigenvalue weighted by molar-refractivity contribution is 5.86. The molecule has 0 spiro atoms. The molecule has 152 valence electrons. The number of ether oxygens (including phenoxy) is 5. The van der Waals surface area contributed by atoms with E-state index in [9.17, 15) is 4.79 Å². The summed E-state index contributed by atoms with van der Waals surface area (Å²) in [6.45, 7) is 8.80. The summed E-state index contributed by atoms with van der Waals surface area (Å²) in [5.74, 6) is -3.41. The molecule has 0 N–H and O–H groups in total. The Morgan fingerprint density at radius 2 is 1.79 bits per heavy atom. The van der Waals surface area contributed by atoms with Gasteiger partial charge in [0, 0.05) is 13.1 Å². The molecule has 4 atom stereocenters. The number of carbonyl (C=O) groups excluding carboxylic acids is 1. The highest BCUT2D eigenvalue weighted by Gasteiger charge is 2.71. The van der Waals surface area contributed by atoms with E-state index in [1.165, 1.54) is 5.56 Å². The highest BCUT2D eigenvalue weighted by Crippen LogP contribution is 2.50. The van der Waals surface area contributed by atoms with E-state index < -0.39 is 35.7 Å². The summed E-state index contributed by atoms with van der Waals surface area (Å²) >= 11 is 0. The Balaban J connectivity index is 1.46. The SMILES string of the molecule is CC1(C)OC[C@@H]2O[C@@]3(C(=O)N4CCc5ccccc5C4)OC(C)(C)O[C@H]3[C@@H]2O1. The summed E-state index contributed by atoms with van der Waals surface area (Å²) in [5, 5.41) is 0. The van der Waals surface area contributed by atoms with E-state index in [0.717, 1.165) is 12.0 Å². The van der Waals surface area contributed by atoms with Crippen LogP contribution < -0.4 is 0 Å². The number of rotatable bonds is 1. The van der Waals surface area contributed by atoms with Crippen LogP contribution in [-0.2, 0) is 41.4 Å². The second-order valence-electron chi connectivity index (χ2n) is 8.90. The molecule has 28 heavy (non-hydrogen) atoms. The van der Waals surface area contributed by atoms with Crippen molar-refractivity contribution >= 4 is 5.91 Å². The van der Waals surface area contributed by atoms with Crippen molar-refractivity contribution in [1.82, 2.24) is 4.90 Å². The van der Waals surface area contributed by atoms with Crippen LogP contribution in [0.1, 0.15) is 38.8 Å². The molecule has 3 saturated heterocycles. The van der Waals surface area contributed by atoms with Gasteiger partial charge in [-0.25, -0.2) is 0 Å². The first-order chi connectivity index (χ1) is 13.2. The van der Waals surface area contributed by atoms with Crippen molar-refractivity contribution in [2.24, 2.45) is 0 Å². The normalized spacial score (nSPS) is 37.9. The van der Waals surface area contributed by atoms with Crippen LogP contribution >= 0.6 is 0 Å². The molecular formula is C21H27NO6. The third kappa shape index (κ3) is 2.80. The Bertz CT molecular complexity index is 808. The van der Waals surface area contributed by atoms with Crippen LogP contribution in [0.2, 0.25) is 0 Å². The molecule has 0 unspecified atom stereocenters. The maximum Gasteiger partial charge on any atom is 0.286 e. The van der Waals surface area contributed by atoms with Crippen molar-refractivity contribution in [3.63, 3.8) is 0 Å². The lowest BCUT2D eigenvalue weighted by Gasteiger charge is -2.38. The third-order valence-electron chi connectivity index (χ3n) is 5.91. The molecule has 1 amide bonds. The fourth-order valence-electron chi connectivity index (χ4n) is 4.71.